The van der Waals surface area contributed by atoms with Crippen LogP contribution in [0.3, 0.4) is 0 Å². The third-order valence-electron chi connectivity index (χ3n) is 3.55. The Kier molecular flexibility index (Phi) is 5.73. The molecule has 25 heavy (non-hydrogen) atoms. The molecule has 134 valence electrons. The highest BCUT2D eigenvalue weighted by Crippen LogP contribution is 2.25. The number of aryl methyl sites for hydroxylation is 1. The molecule has 1 N–H and O–H groups in total. The van der Waals surface area contributed by atoms with E-state index in [9.17, 15) is 22.0 Å². The highest BCUT2D eigenvalue weighted by atomic mass is 32.2. The number of amides is 1. The van der Waals surface area contributed by atoms with Crippen molar-refractivity contribution in [3.63, 3.8) is 0 Å². The van der Waals surface area contributed by atoms with Gasteiger partial charge >= 0.3 is 0 Å². The number of para-hydroxylation sites is 2. The van der Waals surface area contributed by atoms with Gasteiger partial charge in [0.05, 0.1) is 6.26 Å². The van der Waals surface area contributed by atoms with Crippen molar-refractivity contribution in [2.24, 2.45) is 0 Å². The van der Waals surface area contributed by atoms with E-state index >= 15 is 0 Å². The maximum absolute atomic E-state index is 13.9. The van der Waals surface area contributed by atoms with Crippen molar-refractivity contribution in [1.29, 1.82) is 0 Å². The van der Waals surface area contributed by atoms with Crippen LogP contribution in [0.4, 0.5) is 20.2 Å². The van der Waals surface area contributed by atoms with E-state index in [0.29, 0.717) is 9.99 Å². The molecule has 0 spiro atoms. The number of carbonyl (C=O) groups excluding carboxylic acids is 1. The summed E-state index contributed by atoms with van der Waals surface area (Å²) in [7, 11) is -3.97. The van der Waals surface area contributed by atoms with Gasteiger partial charge in [-0.15, -0.1) is 0 Å². The number of nitrogens with one attached hydrogen (secondary N) is 1. The van der Waals surface area contributed by atoms with E-state index in [4.69, 9.17) is 0 Å². The lowest BCUT2D eigenvalue weighted by atomic mass is 10.2. The topological polar surface area (TPSA) is 66.5 Å². The fraction of sp³-hybridized carbons (Fsp3) is 0.235. The molecule has 0 aromatic heterocycles. The van der Waals surface area contributed by atoms with Gasteiger partial charge in [-0.1, -0.05) is 24.3 Å². The first kappa shape index (κ1) is 18.9. The van der Waals surface area contributed by atoms with Crippen molar-refractivity contribution in [3.05, 3.63) is 59.7 Å². The van der Waals surface area contributed by atoms with E-state index in [1.165, 1.54) is 0 Å². The van der Waals surface area contributed by atoms with Crippen LogP contribution in [0.15, 0.2) is 42.5 Å². The SMILES string of the molecule is Cc1ccccc1NC(=O)CCN(c1c(F)cccc1F)S(C)(=O)=O. The number of carbonyl (C=O) groups is 1. The largest absolute Gasteiger partial charge is 0.326 e. The lowest BCUT2D eigenvalue weighted by molar-refractivity contribution is -0.116. The summed E-state index contributed by atoms with van der Waals surface area (Å²) in [5.74, 6) is -2.48. The molecule has 0 bridgehead atoms. The molecular weight excluding hydrogens is 350 g/mol. The van der Waals surface area contributed by atoms with Gasteiger partial charge in [-0.25, -0.2) is 17.2 Å². The molecule has 8 heteroatoms. The summed E-state index contributed by atoms with van der Waals surface area (Å²) in [4.78, 5) is 12.1. The molecule has 5 nitrogen and oxygen atoms in total. The van der Waals surface area contributed by atoms with Crippen molar-refractivity contribution in [1.82, 2.24) is 0 Å². The van der Waals surface area contributed by atoms with E-state index in [2.05, 4.69) is 5.32 Å². The van der Waals surface area contributed by atoms with Gasteiger partial charge in [0.1, 0.15) is 5.69 Å². The Morgan fingerprint density at radius 3 is 2.24 bits per heavy atom. The third-order valence-corrected chi connectivity index (χ3v) is 4.71. The molecule has 0 aliphatic heterocycles. The number of halogens is 2. The van der Waals surface area contributed by atoms with Crippen LogP contribution in [0.1, 0.15) is 12.0 Å². The molecule has 2 rings (SSSR count). The van der Waals surface area contributed by atoms with Crippen LogP contribution in [-0.2, 0) is 14.8 Å². The highest BCUT2D eigenvalue weighted by Gasteiger charge is 2.25. The van der Waals surface area contributed by atoms with Crippen molar-refractivity contribution in [2.75, 3.05) is 22.4 Å². The first-order valence-electron chi connectivity index (χ1n) is 7.47. The number of sulfonamides is 1. The van der Waals surface area contributed by atoms with Crippen LogP contribution < -0.4 is 9.62 Å². The summed E-state index contributed by atoms with van der Waals surface area (Å²) in [6.07, 6.45) is 0.577. The number of anilines is 2. The number of hydrogen-bond donors (Lipinski definition) is 1. The average molecular weight is 368 g/mol. The molecule has 0 unspecified atom stereocenters. The minimum absolute atomic E-state index is 0.255. The minimum atomic E-state index is -3.97. The molecule has 0 heterocycles. The standard InChI is InChI=1S/C17H18F2N2O3S/c1-12-6-3-4-9-15(12)20-16(22)10-11-21(25(2,23)24)17-13(18)7-5-8-14(17)19/h3-9H,10-11H2,1-2H3,(H,20,22). The van der Waals surface area contributed by atoms with Crippen LogP contribution in [0, 0.1) is 18.6 Å². The molecule has 0 aliphatic carbocycles. The molecule has 0 fully saturated rings. The van der Waals surface area contributed by atoms with Gasteiger partial charge in [0, 0.05) is 18.7 Å². The number of benzene rings is 2. The monoisotopic (exact) mass is 368 g/mol. The van der Waals surface area contributed by atoms with E-state index in [-0.39, 0.29) is 13.0 Å². The van der Waals surface area contributed by atoms with Crippen molar-refractivity contribution >= 4 is 27.3 Å². The van der Waals surface area contributed by atoms with E-state index in [1.807, 2.05) is 19.1 Å². The van der Waals surface area contributed by atoms with Crippen molar-refractivity contribution < 1.29 is 22.0 Å². The zero-order valence-corrected chi connectivity index (χ0v) is 14.6. The van der Waals surface area contributed by atoms with Gasteiger partial charge < -0.3 is 5.32 Å². The molecule has 0 aliphatic rings. The lowest BCUT2D eigenvalue weighted by Crippen LogP contribution is -2.34. The Morgan fingerprint density at radius 2 is 1.68 bits per heavy atom. The summed E-state index contributed by atoms with van der Waals surface area (Å²) >= 11 is 0. The van der Waals surface area contributed by atoms with Crippen LogP contribution in [0.5, 0.6) is 0 Å². The van der Waals surface area contributed by atoms with Gasteiger partial charge in [-0.3, -0.25) is 9.10 Å². The molecular formula is C17H18F2N2O3S. The normalized spacial score (nSPS) is 11.2. The Hall–Kier alpha value is -2.48. The van der Waals surface area contributed by atoms with Gasteiger partial charge in [0.2, 0.25) is 15.9 Å². The highest BCUT2D eigenvalue weighted by molar-refractivity contribution is 7.92. The van der Waals surface area contributed by atoms with Gasteiger partial charge in [-0.05, 0) is 30.7 Å². The Bertz CT molecular complexity index is 865. The molecule has 2 aromatic rings. The summed E-state index contributed by atoms with van der Waals surface area (Å²) < 4.78 is 52.2. The van der Waals surface area contributed by atoms with E-state index < -0.39 is 33.3 Å². The second kappa shape index (κ2) is 7.60. The predicted octanol–water partition coefficient (Wildman–Crippen LogP) is 3.07. The summed E-state index contributed by atoms with van der Waals surface area (Å²) in [5, 5.41) is 2.65. The third kappa shape index (κ3) is 4.76. The van der Waals surface area contributed by atoms with Crippen LogP contribution in [-0.4, -0.2) is 27.1 Å². The molecule has 0 saturated heterocycles. The number of rotatable bonds is 6. The first-order chi connectivity index (χ1) is 11.7. The number of nitrogens with zero attached hydrogens (tertiary/aromatic N) is 1. The van der Waals surface area contributed by atoms with E-state index in [1.54, 1.807) is 12.1 Å². The molecule has 1 amide bonds. The predicted molar refractivity (Wildman–Crippen MR) is 93.0 cm³/mol. The van der Waals surface area contributed by atoms with Gasteiger partial charge in [0.25, 0.3) is 0 Å². The van der Waals surface area contributed by atoms with Crippen molar-refractivity contribution in [2.45, 2.75) is 13.3 Å². The lowest BCUT2D eigenvalue weighted by Gasteiger charge is -2.23. The summed E-state index contributed by atoms with van der Waals surface area (Å²) in [6, 6.07) is 10.1. The second-order valence-electron chi connectivity index (χ2n) is 5.52. The Morgan fingerprint density at radius 1 is 1.08 bits per heavy atom. The zero-order valence-electron chi connectivity index (χ0n) is 13.8. The molecule has 0 radical (unpaired) electrons. The van der Waals surface area contributed by atoms with Crippen molar-refractivity contribution in [3.8, 4) is 0 Å². The quantitative estimate of drug-likeness (QED) is 0.852. The Labute approximate surface area is 145 Å². The number of hydrogen-bond acceptors (Lipinski definition) is 3. The smallest absolute Gasteiger partial charge is 0.232 e. The van der Waals surface area contributed by atoms with Crippen LogP contribution in [0.25, 0.3) is 0 Å². The molecule has 2 aromatic carbocycles. The second-order valence-corrected chi connectivity index (χ2v) is 7.43. The first-order valence-corrected chi connectivity index (χ1v) is 9.32. The summed E-state index contributed by atoms with van der Waals surface area (Å²) in [5.41, 5.74) is 0.750. The van der Waals surface area contributed by atoms with E-state index in [0.717, 1.165) is 30.0 Å². The van der Waals surface area contributed by atoms with Gasteiger partial charge in [-0.2, -0.15) is 0 Å². The Balaban J connectivity index is 2.17. The fourth-order valence-electron chi connectivity index (χ4n) is 2.30. The summed E-state index contributed by atoms with van der Waals surface area (Å²) in [6.45, 7) is 1.43. The minimum Gasteiger partial charge on any atom is -0.326 e. The van der Waals surface area contributed by atoms with Crippen LogP contribution >= 0.6 is 0 Å². The van der Waals surface area contributed by atoms with Crippen LogP contribution in [0.2, 0.25) is 0 Å². The van der Waals surface area contributed by atoms with Gasteiger partial charge in [0.15, 0.2) is 11.6 Å². The fourth-order valence-corrected chi connectivity index (χ4v) is 3.23. The zero-order chi connectivity index (χ0) is 18.6. The average Bonchev–Trinajstić information content (AvgIpc) is 2.51. The molecule has 0 atom stereocenters. The maximum Gasteiger partial charge on any atom is 0.232 e. The molecule has 0 saturated carbocycles. The maximum atomic E-state index is 13.9.